The van der Waals surface area contributed by atoms with Gasteiger partial charge >= 0.3 is 0 Å². The Labute approximate surface area is 103 Å². The summed E-state index contributed by atoms with van der Waals surface area (Å²) in [6.07, 6.45) is 4.12. The number of hydrogen-bond donors (Lipinski definition) is 2. The van der Waals surface area contributed by atoms with E-state index in [9.17, 15) is 0 Å². The minimum absolute atomic E-state index is 0.685. The van der Waals surface area contributed by atoms with Crippen LogP contribution in [-0.2, 0) is 6.54 Å². The minimum Gasteiger partial charge on any atom is -0.363 e. The van der Waals surface area contributed by atoms with Gasteiger partial charge < -0.3 is 10.6 Å². The highest BCUT2D eigenvalue weighted by Gasteiger charge is 1.99. The number of thiocarbonyl (C=S) groups is 1. The molecule has 0 aromatic carbocycles. The summed E-state index contributed by atoms with van der Waals surface area (Å²) < 4.78 is 0. The van der Waals surface area contributed by atoms with Crippen LogP contribution in [0.15, 0.2) is 18.3 Å². The summed E-state index contributed by atoms with van der Waals surface area (Å²) in [5, 5.41) is 7.03. The zero-order valence-corrected chi connectivity index (χ0v) is 10.7. The summed E-state index contributed by atoms with van der Waals surface area (Å²) in [5.41, 5.74) is 2.23. The van der Waals surface area contributed by atoms with Crippen LogP contribution in [0.4, 0.5) is 0 Å². The second kappa shape index (κ2) is 7.17. The van der Waals surface area contributed by atoms with Crippen molar-refractivity contribution >= 4 is 17.3 Å². The molecule has 16 heavy (non-hydrogen) atoms. The predicted molar refractivity (Wildman–Crippen MR) is 71.3 cm³/mol. The molecule has 1 heterocycles. The molecular weight excluding hydrogens is 218 g/mol. The van der Waals surface area contributed by atoms with Crippen LogP contribution in [0.5, 0.6) is 0 Å². The Bertz CT molecular complexity index is 339. The first-order valence-corrected chi connectivity index (χ1v) is 6.07. The van der Waals surface area contributed by atoms with Crippen molar-refractivity contribution in [2.45, 2.75) is 33.2 Å². The molecule has 0 saturated heterocycles. The van der Waals surface area contributed by atoms with E-state index >= 15 is 0 Å². The first kappa shape index (κ1) is 12.9. The van der Waals surface area contributed by atoms with Crippen LogP contribution in [0.3, 0.4) is 0 Å². The van der Waals surface area contributed by atoms with Gasteiger partial charge in [-0.15, -0.1) is 0 Å². The van der Waals surface area contributed by atoms with Crippen LogP contribution in [0.25, 0.3) is 0 Å². The van der Waals surface area contributed by atoms with E-state index in [-0.39, 0.29) is 0 Å². The highest BCUT2D eigenvalue weighted by molar-refractivity contribution is 7.80. The van der Waals surface area contributed by atoms with Gasteiger partial charge in [-0.1, -0.05) is 19.4 Å². The highest BCUT2D eigenvalue weighted by atomic mass is 32.1. The number of aromatic nitrogens is 1. The molecule has 4 heteroatoms. The summed E-state index contributed by atoms with van der Waals surface area (Å²) in [5.74, 6) is 0. The first-order chi connectivity index (χ1) is 7.74. The van der Waals surface area contributed by atoms with Gasteiger partial charge in [-0.05, 0) is 37.2 Å². The van der Waals surface area contributed by atoms with Crippen LogP contribution < -0.4 is 10.6 Å². The van der Waals surface area contributed by atoms with Gasteiger partial charge in [-0.3, -0.25) is 4.98 Å². The van der Waals surface area contributed by atoms with Gasteiger partial charge in [0.05, 0.1) is 12.2 Å². The number of unbranched alkanes of at least 4 members (excludes halogenated alkanes) is 1. The molecular formula is C12H19N3S. The van der Waals surface area contributed by atoms with E-state index in [1.165, 1.54) is 12.0 Å². The fourth-order valence-electron chi connectivity index (χ4n) is 1.31. The van der Waals surface area contributed by atoms with Gasteiger partial charge in [-0.2, -0.15) is 0 Å². The molecule has 0 bridgehead atoms. The lowest BCUT2D eigenvalue weighted by Gasteiger charge is -2.10. The van der Waals surface area contributed by atoms with Gasteiger partial charge in [-0.25, -0.2) is 0 Å². The van der Waals surface area contributed by atoms with Gasteiger partial charge in [0.15, 0.2) is 5.11 Å². The molecule has 0 fully saturated rings. The van der Waals surface area contributed by atoms with E-state index < -0.39 is 0 Å². The van der Waals surface area contributed by atoms with Crippen molar-refractivity contribution in [3.05, 3.63) is 29.6 Å². The maximum absolute atomic E-state index is 5.16. The summed E-state index contributed by atoms with van der Waals surface area (Å²) in [6, 6.07) is 3.99. The third-order valence-corrected chi connectivity index (χ3v) is 2.64. The van der Waals surface area contributed by atoms with Crippen molar-refractivity contribution in [3.8, 4) is 0 Å². The average Bonchev–Trinajstić information content (AvgIpc) is 2.28. The van der Waals surface area contributed by atoms with Crippen molar-refractivity contribution in [3.63, 3.8) is 0 Å². The van der Waals surface area contributed by atoms with Crippen molar-refractivity contribution in [2.24, 2.45) is 0 Å². The molecule has 0 aliphatic rings. The number of pyridine rings is 1. The maximum Gasteiger partial charge on any atom is 0.166 e. The second-order valence-corrected chi connectivity index (χ2v) is 4.14. The monoisotopic (exact) mass is 237 g/mol. The van der Waals surface area contributed by atoms with Crippen molar-refractivity contribution < 1.29 is 0 Å². The molecule has 88 valence electrons. The molecule has 0 radical (unpaired) electrons. The zero-order chi connectivity index (χ0) is 11.8. The van der Waals surface area contributed by atoms with Crippen LogP contribution in [0.2, 0.25) is 0 Å². The van der Waals surface area contributed by atoms with Gasteiger partial charge in [0.2, 0.25) is 0 Å². The fraction of sp³-hybridized carbons (Fsp3) is 0.500. The molecule has 0 spiro atoms. The number of hydrogen-bond acceptors (Lipinski definition) is 2. The summed E-state index contributed by atoms with van der Waals surface area (Å²) >= 11 is 5.16. The average molecular weight is 237 g/mol. The topological polar surface area (TPSA) is 37.0 Å². The molecule has 0 saturated carbocycles. The molecule has 0 aliphatic heterocycles. The van der Waals surface area contributed by atoms with Crippen LogP contribution in [0.1, 0.15) is 31.0 Å². The lowest BCUT2D eigenvalue weighted by molar-refractivity contribution is 0.735. The number of aryl methyl sites for hydroxylation is 1. The van der Waals surface area contributed by atoms with E-state index in [0.717, 1.165) is 18.7 Å². The Morgan fingerprint density at radius 1 is 1.44 bits per heavy atom. The van der Waals surface area contributed by atoms with Crippen molar-refractivity contribution in [1.82, 2.24) is 15.6 Å². The molecule has 3 nitrogen and oxygen atoms in total. The molecule has 0 amide bonds. The third kappa shape index (κ3) is 4.57. The molecule has 0 aliphatic carbocycles. The van der Waals surface area contributed by atoms with Crippen molar-refractivity contribution in [2.75, 3.05) is 6.54 Å². The maximum atomic E-state index is 5.16. The summed E-state index contributed by atoms with van der Waals surface area (Å²) in [6.45, 7) is 5.83. The van der Waals surface area contributed by atoms with Crippen molar-refractivity contribution in [1.29, 1.82) is 0 Å². The minimum atomic E-state index is 0.685. The van der Waals surface area contributed by atoms with E-state index in [0.29, 0.717) is 11.7 Å². The van der Waals surface area contributed by atoms with Gasteiger partial charge in [0.1, 0.15) is 0 Å². The Morgan fingerprint density at radius 2 is 2.25 bits per heavy atom. The number of rotatable bonds is 5. The summed E-state index contributed by atoms with van der Waals surface area (Å²) in [4.78, 5) is 4.30. The quantitative estimate of drug-likeness (QED) is 0.608. The van der Waals surface area contributed by atoms with E-state index in [1.54, 1.807) is 6.20 Å². The highest BCUT2D eigenvalue weighted by Crippen LogP contribution is 2.01. The van der Waals surface area contributed by atoms with E-state index in [1.807, 2.05) is 6.07 Å². The number of nitrogens with zero attached hydrogens (tertiary/aromatic N) is 1. The second-order valence-electron chi connectivity index (χ2n) is 3.73. The van der Waals surface area contributed by atoms with Gasteiger partial charge in [0.25, 0.3) is 0 Å². The SMILES string of the molecule is CCCCNC(=S)NCc1ncccc1C. The largest absolute Gasteiger partial charge is 0.363 e. The fourth-order valence-corrected chi connectivity index (χ4v) is 1.48. The van der Waals surface area contributed by atoms with Crippen LogP contribution in [-0.4, -0.2) is 16.6 Å². The smallest absolute Gasteiger partial charge is 0.166 e. The third-order valence-electron chi connectivity index (χ3n) is 2.35. The predicted octanol–water partition coefficient (Wildman–Crippen LogP) is 2.15. The standard InChI is InChI=1S/C12H19N3S/c1-3-4-7-14-12(16)15-9-11-10(2)6-5-8-13-11/h5-6,8H,3-4,7,9H2,1-2H3,(H2,14,15,16). The molecule has 0 unspecified atom stereocenters. The Kier molecular flexibility index (Phi) is 5.78. The zero-order valence-electron chi connectivity index (χ0n) is 9.92. The number of nitrogens with one attached hydrogen (secondary N) is 2. The molecule has 0 atom stereocenters. The Hall–Kier alpha value is -1.16. The lowest BCUT2D eigenvalue weighted by atomic mass is 10.2. The Balaban J connectivity index is 2.29. The first-order valence-electron chi connectivity index (χ1n) is 5.66. The molecule has 2 N–H and O–H groups in total. The lowest BCUT2D eigenvalue weighted by Crippen LogP contribution is -2.35. The molecule has 1 rings (SSSR count). The Morgan fingerprint density at radius 3 is 2.94 bits per heavy atom. The van der Waals surface area contributed by atoms with Crippen LogP contribution in [0, 0.1) is 6.92 Å². The normalized spacial score (nSPS) is 9.88. The molecule has 1 aromatic heterocycles. The van der Waals surface area contributed by atoms with E-state index in [4.69, 9.17) is 12.2 Å². The van der Waals surface area contributed by atoms with E-state index in [2.05, 4.69) is 35.5 Å². The molecule has 1 aromatic rings. The summed E-state index contributed by atoms with van der Waals surface area (Å²) in [7, 11) is 0. The van der Waals surface area contributed by atoms with Crippen LogP contribution >= 0.6 is 12.2 Å². The van der Waals surface area contributed by atoms with Gasteiger partial charge in [0, 0.05) is 12.7 Å².